The zero-order chi connectivity index (χ0) is 13.2. The number of hydrogen-bond acceptors (Lipinski definition) is 4. The number of nitrogens with zero attached hydrogens (tertiary/aromatic N) is 2. The highest BCUT2D eigenvalue weighted by Gasteiger charge is 2.34. The standard InChI is InChI=1S/C11H15N3O3/c1-11(2,10(16)17)14(3)9-7(8(12)15)5-4-6-13-9/h4-6H,1-3H3,(H2,12,15)(H,16,17). The molecule has 0 unspecified atom stereocenters. The molecule has 3 N–H and O–H groups in total. The van der Waals surface area contributed by atoms with Gasteiger partial charge in [0.2, 0.25) is 0 Å². The van der Waals surface area contributed by atoms with Gasteiger partial charge < -0.3 is 15.7 Å². The highest BCUT2D eigenvalue weighted by atomic mass is 16.4. The Balaban J connectivity index is 3.26. The van der Waals surface area contributed by atoms with Crippen molar-refractivity contribution >= 4 is 17.7 Å². The molecule has 0 spiro atoms. The summed E-state index contributed by atoms with van der Waals surface area (Å²) in [6.07, 6.45) is 1.48. The Morgan fingerprint density at radius 2 is 2.06 bits per heavy atom. The molecule has 92 valence electrons. The van der Waals surface area contributed by atoms with E-state index in [0.29, 0.717) is 0 Å². The van der Waals surface area contributed by atoms with E-state index >= 15 is 0 Å². The van der Waals surface area contributed by atoms with E-state index in [0.717, 1.165) is 0 Å². The number of carbonyl (C=O) groups is 2. The number of carbonyl (C=O) groups excluding carboxylic acids is 1. The Morgan fingerprint density at radius 1 is 1.47 bits per heavy atom. The van der Waals surface area contributed by atoms with Gasteiger partial charge in [-0.2, -0.15) is 0 Å². The van der Waals surface area contributed by atoms with Crippen LogP contribution in [0.4, 0.5) is 5.82 Å². The fourth-order valence-electron chi connectivity index (χ4n) is 1.26. The fraction of sp³-hybridized carbons (Fsp3) is 0.364. The molecule has 1 aromatic heterocycles. The number of carboxylic acids is 1. The normalized spacial score (nSPS) is 11.0. The quantitative estimate of drug-likeness (QED) is 0.793. The van der Waals surface area contributed by atoms with E-state index < -0.39 is 17.4 Å². The zero-order valence-corrected chi connectivity index (χ0v) is 9.97. The first-order chi connectivity index (χ1) is 7.78. The second-order valence-electron chi connectivity index (χ2n) is 4.16. The van der Waals surface area contributed by atoms with Crippen molar-refractivity contribution in [2.45, 2.75) is 19.4 Å². The minimum absolute atomic E-state index is 0.198. The maximum absolute atomic E-state index is 11.2. The van der Waals surface area contributed by atoms with Crippen LogP contribution < -0.4 is 10.6 Å². The lowest BCUT2D eigenvalue weighted by molar-refractivity contribution is -0.142. The SMILES string of the molecule is CN(c1ncccc1C(N)=O)C(C)(C)C(=O)O. The van der Waals surface area contributed by atoms with E-state index in [-0.39, 0.29) is 11.4 Å². The van der Waals surface area contributed by atoms with Gasteiger partial charge in [0, 0.05) is 13.2 Å². The molecular weight excluding hydrogens is 222 g/mol. The summed E-state index contributed by atoms with van der Waals surface area (Å²) >= 11 is 0. The second kappa shape index (κ2) is 4.40. The molecule has 0 radical (unpaired) electrons. The number of hydrogen-bond donors (Lipinski definition) is 2. The fourth-order valence-corrected chi connectivity index (χ4v) is 1.26. The molecule has 0 aromatic carbocycles. The molecule has 1 amide bonds. The summed E-state index contributed by atoms with van der Waals surface area (Å²) in [5, 5.41) is 9.12. The molecule has 1 heterocycles. The first-order valence-electron chi connectivity index (χ1n) is 5.00. The molecule has 0 aliphatic carbocycles. The minimum Gasteiger partial charge on any atom is -0.480 e. The average Bonchev–Trinajstić information content (AvgIpc) is 2.27. The van der Waals surface area contributed by atoms with Crippen LogP contribution in [-0.2, 0) is 4.79 Å². The van der Waals surface area contributed by atoms with Crippen LogP contribution >= 0.6 is 0 Å². The summed E-state index contributed by atoms with van der Waals surface area (Å²) in [7, 11) is 1.56. The summed E-state index contributed by atoms with van der Waals surface area (Å²) in [5.41, 5.74) is 4.24. The highest BCUT2D eigenvalue weighted by Crippen LogP contribution is 2.23. The molecule has 0 bridgehead atoms. The van der Waals surface area contributed by atoms with Gasteiger partial charge in [-0.15, -0.1) is 0 Å². The van der Waals surface area contributed by atoms with Crippen molar-refractivity contribution in [3.05, 3.63) is 23.9 Å². The Hall–Kier alpha value is -2.11. The summed E-state index contributed by atoms with van der Waals surface area (Å²) in [6.45, 7) is 3.05. The van der Waals surface area contributed by atoms with Crippen molar-refractivity contribution in [1.29, 1.82) is 0 Å². The van der Waals surface area contributed by atoms with E-state index in [1.54, 1.807) is 13.1 Å². The van der Waals surface area contributed by atoms with Crippen molar-refractivity contribution in [2.24, 2.45) is 5.73 Å². The van der Waals surface area contributed by atoms with Gasteiger partial charge in [-0.3, -0.25) is 4.79 Å². The number of aliphatic carboxylic acids is 1. The summed E-state index contributed by atoms with van der Waals surface area (Å²) in [4.78, 5) is 27.8. The van der Waals surface area contributed by atoms with Gasteiger partial charge in [-0.05, 0) is 26.0 Å². The molecule has 6 nitrogen and oxygen atoms in total. The molecule has 0 atom stereocenters. The predicted molar refractivity (Wildman–Crippen MR) is 62.9 cm³/mol. The molecule has 6 heteroatoms. The number of amides is 1. The van der Waals surface area contributed by atoms with Crippen molar-refractivity contribution in [3.63, 3.8) is 0 Å². The third-order valence-electron chi connectivity index (χ3n) is 2.73. The number of aromatic nitrogens is 1. The molecular formula is C11H15N3O3. The molecule has 0 fully saturated rings. The smallest absolute Gasteiger partial charge is 0.328 e. The second-order valence-corrected chi connectivity index (χ2v) is 4.16. The number of rotatable bonds is 4. The molecule has 1 aromatic rings. The van der Waals surface area contributed by atoms with Gasteiger partial charge in [0.05, 0.1) is 5.56 Å². The van der Waals surface area contributed by atoms with Gasteiger partial charge in [0.15, 0.2) is 0 Å². The summed E-state index contributed by atoms with van der Waals surface area (Å²) in [5.74, 6) is -1.39. The van der Waals surface area contributed by atoms with Crippen LogP contribution in [0.15, 0.2) is 18.3 Å². The first-order valence-corrected chi connectivity index (χ1v) is 5.00. The Morgan fingerprint density at radius 3 is 2.53 bits per heavy atom. The molecule has 0 saturated heterocycles. The van der Waals surface area contributed by atoms with Crippen LogP contribution in [0.1, 0.15) is 24.2 Å². The van der Waals surface area contributed by atoms with Crippen LogP contribution in [-0.4, -0.2) is 34.6 Å². The van der Waals surface area contributed by atoms with Crippen molar-refractivity contribution < 1.29 is 14.7 Å². The van der Waals surface area contributed by atoms with Gasteiger partial charge >= 0.3 is 5.97 Å². The van der Waals surface area contributed by atoms with Crippen molar-refractivity contribution in [1.82, 2.24) is 4.98 Å². The molecule has 0 aliphatic rings. The third kappa shape index (κ3) is 2.35. The number of anilines is 1. The first kappa shape index (κ1) is 13.0. The lowest BCUT2D eigenvalue weighted by Gasteiger charge is -2.33. The maximum atomic E-state index is 11.2. The number of likely N-dealkylation sites (N-methyl/N-ethyl adjacent to an activating group) is 1. The molecule has 0 aliphatic heterocycles. The summed E-state index contributed by atoms with van der Waals surface area (Å²) in [6, 6.07) is 3.09. The predicted octanol–water partition coefficient (Wildman–Crippen LogP) is 0.480. The number of primary amides is 1. The molecule has 17 heavy (non-hydrogen) atoms. The zero-order valence-electron chi connectivity index (χ0n) is 9.97. The minimum atomic E-state index is -1.18. The number of pyridine rings is 1. The Labute approximate surface area is 99.1 Å². The average molecular weight is 237 g/mol. The van der Waals surface area contributed by atoms with Gasteiger partial charge in [0.1, 0.15) is 11.4 Å². The third-order valence-corrected chi connectivity index (χ3v) is 2.73. The van der Waals surface area contributed by atoms with E-state index in [2.05, 4.69) is 4.98 Å². The Kier molecular flexibility index (Phi) is 3.36. The van der Waals surface area contributed by atoms with Crippen molar-refractivity contribution in [2.75, 3.05) is 11.9 Å². The number of carboxylic acid groups (broad SMARTS) is 1. The van der Waals surface area contributed by atoms with Gasteiger partial charge in [0.25, 0.3) is 5.91 Å². The van der Waals surface area contributed by atoms with Crippen LogP contribution in [0.25, 0.3) is 0 Å². The lowest BCUT2D eigenvalue weighted by atomic mass is 10.0. The van der Waals surface area contributed by atoms with E-state index in [1.807, 2.05) is 0 Å². The van der Waals surface area contributed by atoms with Crippen LogP contribution in [0.5, 0.6) is 0 Å². The highest BCUT2D eigenvalue weighted by molar-refractivity contribution is 5.98. The van der Waals surface area contributed by atoms with Gasteiger partial charge in [-0.25, -0.2) is 9.78 Å². The van der Waals surface area contributed by atoms with Crippen LogP contribution in [0.2, 0.25) is 0 Å². The topological polar surface area (TPSA) is 96.5 Å². The van der Waals surface area contributed by atoms with Gasteiger partial charge in [-0.1, -0.05) is 0 Å². The van der Waals surface area contributed by atoms with E-state index in [1.165, 1.54) is 31.0 Å². The summed E-state index contributed by atoms with van der Waals surface area (Å²) < 4.78 is 0. The van der Waals surface area contributed by atoms with Crippen LogP contribution in [0, 0.1) is 0 Å². The number of nitrogens with two attached hydrogens (primary N) is 1. The molecule has 0 saturated carbocycles. The monoisotopic (exact) mass is 237 g/mol. The van der Waals surface area contributed by atoms with E-state index in [4.69, 9.17) is 10.8 Å². The lowest BCUT2D eigenvalue weighted by Crippen LogP contribution is -2.49. The van der Waals surface area contributed by atoms with E-state index in [9.17, 15) is 9.59 Å². The molecule has 1 rings (SSSR count). The van der Waals surface area contributed by atoms with Crippen molar-refractivity contribution in [3.8, 4) is 0 Å². The largest absolute Gasteiger partial charge is 0.480 e. The van der Waals surface area contributed by atoms with Crippen LogP contribution in [0.3, 0.4) is 0 Å². The Bertz CT molecular complexity index is 457. The maximum Gasteiger partial charge on any atom is 0.328 e.